The van der Waals surface area contributed by atoms with Gasteiger partial charge < -0.3 is 9.53 Å². The van der Waals surface area contributed by atoms with Crippen molar-refractivity contribution < 1.29 is 9.53 Å². The van der Waals surface area contributed by atoms with Crippen molar-refractivity contribution >= 4 is 22.2 Å². The van der Waals surface area contributed by atoms with E-state index >= 15 is 0 Å². The molecule has 2 nitrogen and oxygen atoms in total. The normalized spacial score (nSPS) is 11.8. The van der Waals surface area contributed by atoms with Gasteiger partial charge in [-0.15, -0.1) is 0 Å². The van der Waals surface area contributed by atoms with Gasteiger partial charge in [-0.25, -0.2) is 0 Å². The summed E-state index contributed by atoms with van der Waals surface area (Å²) in [6.07, 6.45) is 0.857. The number of ether oxygens (including phenoxy) is 1. The Balaban J connectivity index is 2.04. The van der Waals surface area contributed by atoms with Crippen LogP contribution in [0.3, 0.4) is 0 Å². The molecule has 0 aliphatic heterocycles. The first-order chi connectivity index (χ1) is 8.79. The molecule has 1 unspecified atom stereocenters. The van der Waals surface area contributed by atoms with E-state index in [0.29, 0.717) is 6.61 Å². The fourth-order valence-electron chi connectivity index (χ4n) is 1.60. The van der Waals surface area contributed by atoms with Crippen LogP contribution in [0.15, 0.2) is 54.6 Å². The van der Waals surface area contributed by atoms with Crippen LogP contribution < -0.4 is 4.74 Å². The fraction of sp³-hybridized carbons (Fsp3) is 0.133. The number of alkyl halides is 1. The van der Waals surface area contributed by atoms with Gasteiger partial charge in [-0.3, -0.25) is 0 Å². The number of carbonyl (C=O) groups is 1. The quantitative estimate of drug-likeness (QED) is 0.618. The van der Waals surface area contributed by atoms with E-state index in [-0.39, 0.29) is 4.83 Å². The van der Waals surface area contributed by atoms with E-state index in [1.54, 1.807) is 0 Å². The van der Waals surface area contributed by atoms with Crippen LogP contribution in [0.1, 0.15) is 16.0 Å². The van der Waals surface area contributed by atoms with Crippen LogP contribution in [0.5, 0.6) is 5.75 Å². The molecule has 0 heterocycles. The molecule has 0 bridgehead atoms. The van der Waals surface area contributed by atoms with Crippen molar-refractivity contribution in [2.45, 2.75) is 11.4 Å². The molecule has 0 saturated carbocycles. The third-order valence-electron chi connectivity index (χ3n) is 2.54. The Labute approximate surface area is 115 Å². The monoisotopic (exact) mass is 304 g/mol. The van der Waals surface area contributed by atoms with Gasteiger partial charge in [0, 0.05) is 0 Å². The van der Waals surface area contributed by atoms with Gasteiger partial charge in [0.15, 0.2) is 0 Å². The highest BCUT2D eigenvalue weighted by atomic mass is 79.9. The molecule has 2 aromatic rings. The molecular weight excluding hydrogens is 292 g/mol. The summed E-state index contributed by atoms with van der Waals surface area (Å²) in [5.41, 5.74) is 2.02. The Morgan fingerprint density at radius 2 is 1.89 bits per heavy atom. The summed E-state index contributed by atoms with van der Waals surface area (Å²) < 4.78 is 5.69. The van der Waals surface area contributed by atoms with Crippen molar-refractivity contribution in [3.8, 4) is 5.75 Å². The average molecular weight is 305 g/mol. The van der Waals surface area contributed by atoms with Crippen LogP contribution in [-0.2, 0) is 11.4 Å². The van der Waals surface area contributed by atoms with Crippen molar-refractivity contribution in [3.05, 3.63) is 65.7 Å². The summed E-state index contributed by atoms with van der Waals surface area (Å²) in [6.45, 7) is 0.526. The SMILES string of the molecule is O=CC(Br)c1cccc(OCc2ccccc2)c1. The summed E-state index contributed by atoms with van der Waals surface area (Å²) >= 11 is 3.29. The van der Waals surface area contributed by atoms with Gasteiger partial charge in [-0.1, -0.05) is 58.4 Å². The van der Waals surface area contributed by atoms with Crippen LogP contribution >= 0.6 is 15.9 Å². The molecule has 3 heteroatoms. The molecule has 0 radical (unpaired) electrons. The van der Waals surface area contributed by atoms with Gasteiger partial charge in [-0.2, -0.15) is 0 Å². The van der Waals surface area contributed by atoms with Crippen LogP contribution in [0.25, 0.3) is 0 Å². The molecule has 18 heavy (non-hydrogen) atoms. The number of hydrogen-bond acceptors (Lipinski definition) is 2. The summed E-state index contributed by atoms with van der Waals surface area (Å²) in [5, 5.41) is 0. The maximum Gasteiger partial charge on any atom is 0.138 e. The third-order valence-corrected chi connectivity index (χ3v) is 3.29. The van der Waals surface area contributed by atoms with Crippen molar-refractivity contribution in [1.29, 1.82) is 0 Å². The highest BCUT2D eigenvalue weighted by Gasteiger charge is 2.06. The zero-order valence-electron chi connectivity index (χ0n) is 9.75. The molecule has 2 rings (SSSR count). The predicted molar refractivity (Wildman–Crippen MR) is 74.9 cm³/mol. The third kappa shape index (κ3) is 3.44. The molecular formula is C15H13BrO2. The van der Waals surface area contributed by atoms with E-state index in [1.807, 2.05) is 54.6 Å². The summed E-state index contributed by atoms with van der Waals surface area (Å²) in [7, 11) is 0. The minimum absolute atomic E-state index is 0.280. The topological polar surface area (TPSA) is 26.3 Å². The highest BCUT2D eigenvalue weighted by molar-refractivity contribution is 9.09. The lowest BCUT2D eigenvalue weighted by atomic mass is 10.1. The van der Waals surface area contributed by atoms with E-state index in [1.165, 1.54) is 0 Å². The lowest BCUT2D eigenvalue weighted by Gasteiger charge is -2.08. The maximum atomic E-state index is 10.7. The van der Waals surface area contributed by atoms with Gasteiger partial charge in [0.1, 0.15) is 18.6 Å². The Morgan fingerprint density at radius 3 is 2.61 bits per heavy atom. The zero-order valence-corrected chi connectivity index (χ0v) is 11.3. The maximum absolute atomic E-state index is 10.7. The molecule has 0 spiro atoms. The first kappa shape index (κ1) is 12.8. The van der Waals surface area contributed by atoms with Gasteiger partial charge in [0.05, 0.1) is 4.83 Å². The summed E-state index contributed by atoms with van der Waals surface area (Å²) in [6, 6.07) is 17.5. The standard InChI is InChI=1S/C15H13BrO2/c16-15(10-17)13-7-4-8-14(9-13)18-11-12-5-2-1-3-6-12/h1-10,15H,11H2. The molecule has 0 aliphatic carbocycles. The van der Waals surface area contributed by atoms with Crippen molar-refractivity contribution in [2.24, 2.45) is 0 Å². The van der Waals surface area contributed by atoms with Gasteiger partial charge in [0.2, 0.25) is 0 Å². The van der Waals surface area contributed by atoms with E-state index in [0.717, 1.165) is 23.2 Å². The van der Waals surface area contributed by atoms with Crippen molar-refractivity contribution in [1.82, 2.24) is 0 Å². The minimum atomic E-state index is -0.280. The van der Waals surface area contributed by atoms with Crippen LogP contribution in [0.2, 0.25) is 0 Å². The van der Waals surface area contributed by atoms with Crippen LogP contribution in [0, 0.1) is 0 Å². The Bertz CT molecular complexity index is 511. The first-order valence-corrected chi connectivity index (χ1v) is 6.57. The highest BCUT2D eigenvalue weighted by Crippen LogP contribution is 2.24. The largest absolute Gasteiger partial charge is 0.489 e. The molecule has 0 aliphatic rings. The average Bonchev–Trinajstić information content (AvgIpc) is 2.45. The van der Waals surface area contributed by atoms with E-state index < -0.39 is 0 Å². The van der Waals surface area contributed by atoms with E-state index in [4.69, 9.17) is 4.74 Å². The van der Waals surface area contributed by atoms with Crippen molar-refractivity contribution in [3.63, 3.8) is 0 Å². The van der Waals surface area contributed by atoms with Crippen molar-refractivity contribution in [2.75, 3.05) is 0 Å². The molecule has 0 aromatic heterocycles. The van der Waals surface area contributed by atoms with E-state index in [9.17, 15) is 4.79 Å². The fourth-order valence-corrected chi connectivity index (χ4v) is 1.88. The lowest BCUT2D eigenvalue weighted by Crippen LogP contribution is -1.96. The molecule has 92 valence electrons. The Morgan fingerprint density at radius 1 is 1.11 bits per heavy atom. The number of halogens is 1. The Hall–Kier alpha value is -1.61. The second-order valence-electron chi connectivity index (χ2n) is 3.88. The molecule has 1 atom stereocenters. The molecule has 0 saturated heterocycles. The van der Waals surface area contributed by atoms with Gasteiger partial charge in [-0.05, 0) is 23.3 Å². The number of carbonyl (C=O) groups excluding carboxylic acids is 1. The predicted octanol–water partition coefficient (Wildman–Crippen LogP) is 3.90. The molecule has 0 amide bonds. The number of rotatable bonds is 5. The second-order valence-corrected chi connectivity index (χ2v) is 4.87. The van der Waals surface area contributed by atoms with E-state index in [2.05, 4.69) is 15.9 Å². The summed E-state index contributed by atoms with van der Waals surface area (Å²) in [5.74, 6) is 0.766. The summed E-state index contributed by atoms with van der Waals surface area (Å²) in [4.78, 5) is 10.4. The lowest BCUT2D eigenvalue weighted by molar-refractivity contribution is -0.107. The molecule has 0 N–H and O–H groups in total. The smallest absolute Gasteiger partial charge is 0.138 e. The van der Waals surface area contributed by atoms with Crippen LogP contribution in [-0.4, -0.2) is 6.29 Å². The minimum Gasteiger partial charge on any atom is -0.489 e. The molecule has 0 fully saturated rings. The Kier molecular flexibility index (Phi) is 4.53. The van der Waals surface area contributed by atoms with Gasteiger partial charge >= 0.3 is 0 Å². The first-order valence-electron chi connectivity index (χ1n) is 5.65. The van der Waals surface area contributed by atoms with Gasteiger partial charge in [0.25, 0.3) is 0 Å². The number of aldehydes is 1. The second kappa shape index (κ2) is 6.36. The molecule has 2 aromatic carbocycles. The zero-order chi connectivity index (χ0) is 12.8. The number of hydrogen-bond donors (Lipinski definition) is 0. The van der Waals surface area contributed by atoms with Crippen LogP contribution in [0.4, 0.5) is 0 Å². The number of benzene rings is 2.